The number of nitrogens with zero attached hydrogens (tertiary/aromatic N) is 1. The third-order valence-corrected chi connectivity index (χ3v) is 3.16. The minimum absolute atomic E-state index is 0.0116. The van der Waals surface area contributed by atoms with E-state index < -0.39 is 0 Å². The third kappa shape index (κ3) is 3.49. The standard InChI is InChI=1S/C12H24N2O/c1-9(2)6-5-7-10(3)14-8-13-11(4)12(14)15/h9-11,13H,5-8H2,1-4H3. The van der Waals surface area contributed by atoms with Crippen LogP contribution >= 0.6 is 0 Å². The quantitative estimate of drug-likeness (QED) is 0.755. The summed E-state index contributed by atoms with van der Waals surface area (Å²) >= 11 is 0. The van der Waals surface area contributed by atoms with Gasteiger partial charge in [-0.25, -0.2) is 0 Å². The van der Waals surface area contributed by atoms with E-state index in [1.807, 2.05) is 11.8 Å². The fourth-order valence-corrected chi connectivity index (χ4v) is 2.00. The van der Waals surface area contributed by atoms with Gasteiger partial charge in [0.15, 0.2) is 0 Å². The number of hydrogen-bond acceptors (Lipinski definition) is 2. The molecule has 0 radical (unpaired) electrons. The van der Waals surface area contributed by atoms with Gasteiger partial charge in [-0.15, -0.1) is 0 Å². The topological polar surface area (TPSA) is 32.3 Å². The highest BCUT2D eigenvalue weighted by Gasteiger charge is 2.30. The van der Waals surface area contributed by atoms with Crippen LogP contribution in [0.5, 0.6) is 0 Å². The number of carbonyl (C=O) groups is 1. The molecule has 1 aliphatic heterocycles. The first-order valence-corrected chi connectivity index (χ1v) is 6.06. The van der Waals surface area contributed by atoms with Gasteiger partial charge in [-0.3, -0.25) is 10.1 Å². The molecule has 1 fully saturated rings. The molecule has 1 N–H and O–H groups in total. The molecule has 0 aromatic rings. The fourth-order valence-electron chi connectivity index (χ4n) is 2.00. The van der Waals surface area contributed by atoms with Crippen molar-refractivity contribution in [3.8, 4) is 0 Å². The predicted octanol–water partition coefficient (Wildman–Crippen LogP) is 1.98. The third-order valence-electron chi connectivity index (χ3n) is 3.16. The van der Waals surface area contributed by atoms with Crippen molar-refractivity contribution in [3.63, 3.8) is 0 Å². The SMILES string of the molecule is CC(C)CCCC(C)N1CNC(C)C1=O. The van der Waals surface area contributed by atoms with Gasteiger partial charge in [0.05, 0.1) is 12.7 Å². The number of rotatable bonds is 5. The molecule has 1 saturated heterocycles. The average Bonchev–Trinajstić information content (AvgIpc) is 2.47. The maximum atomic E-state index is 11.7. The summed E-state index contributed by atoms with van der Waals surface area (Å²) in [6.45, 7) is 9.30. The molecule has 1 heterocycles. The van der Waals surface area contributed by atoms with Crippen LogP contribution in [-0.4, -0.2) is 29.6 Å². The van der Waals surface area contributed by atoms with Crippen LogP contribution in [0.4, 0.5) is 0 Å². The lowest BCUT2D eigenvalue weighted by Crippen LogP contribution is -2.36. The van der Waals surface area contributed by atoms with E-state index in [1.165, 1.54) is 12.8 Å². The monoisotopic (exact) mass is 212 g/mol. The zero-order chi connectivity index (χ0) is 11.4. The van der Waals surface area contributed by atoms with Gasteiger partial charge in [-0.1, -0.05) is 26.7 Å². The van der Waals surface area contributed by atoms with Gasteiger partial charge in [0.2, 0.25) is 5.91 Å². The Labute approximate surface area is 93.2 Å². The Bertz CT molecular complexity index is 216. The van der Waals surface area contributed by atoms with E-state index in [0.29, 0.717) is 6.04 Å². The Morgan fingerprint density at radius 2 is 2.07 bits per heavy atom. The highest BCUT2D eigenvalue weighted by atomic mass is 16.2. The second kappa shape index (κ2) is 5.50. The van der Waals surface area contributed by atoms with Gasteiger partial charge < -0.3 is 4.90 Å². The highest BCUT2D eigenvalue weighted by Crippen LogP contribution is 2.15. The van der Waals surface area contributed by atoms with Gasteiger partial charge in [0, 0.05) is 6.04 Å². The molecule has 88 valence electrons. The first kappa shape index (κ1) is 12.5. The van der Waals surface area contributed by atoms with E-state index in [-0.39, 0.29) is 11.9 Å². The predicted molar refractivity (Wildman–Crippen MR) is 62.5 cm³/mol. The maximum Gasteiger partial charge on any atom is 0.240 e. The van der Waals surface area contributed by atoms with Crippen LogP contribution in [0.3, 0.4) is 0 Å². The van der Waals surface area contributed by atoms with E-state index in [1.54, 1.807) is 0 Å². The minimum atomic E-state index is 0.0116. The average molecular weight is 212 g/mol. The van der Waals surface area contributed by atoms with Crippen LogP contribution in [0, 0.1) is 5.92 Å². The Kier molecular flexibility index (Phi) is 4.58. The molecule has 2 atom stereocenters. The summed E-state index contributed by atoms with van der Waals surface area (Å²) in [6.07, 6.45) is 3.60. The van der Waals surface area contributed by atoms with Crippen molar-refractivity contribution >= 4 is 5.91 Å². The van der Waals surface area contributed by atoms with Gasteiger partial charge in [-0.05, 0) is 26.2 Å². The number of hydrogen-bond donors (Lipinski definition) is 1. The molecule has 0 spiro atoms. The van der Waals surface area contributed by atoms with Crippen LogP contribution < -0.4 is 5.32 Å². The van der Waals surface area contributed by atoms with Crippen LogP contribution in [-0.2, 0) is 4.79 Å². The second-order valence-electron chi connectivity index (χ2n) is 5.07. The number of carbonyl (C=O) groups excluding carboxylic acids is 1. The van der Waals surface area contributed by atoms with Crippen LogP contribution in [0.25, 0.3) is 0 Å². The zero-order valence-corrected chi connectivity index (χ0v) is 10.4. The van der Waals surface area contributed by atoms with E-state index in [9.17, 15) is 4.79 Å². The first-order chi connectivity index (χ1) is 7.02. The molecule has 0 saturated carbocycles. The first-order valence-electron chi connectivity index (χ1n) is 6.06. The van der Waals surface area contributed by atoms with E-state index >= 15 is 0 Å². The smallest absolute Gasteiger partial charge is 0.240 e. The Morgan fingerprint density at radius 1 is 1.40 bits per heavy atom. The van der Waals surface area contributed by atoms with Crippen molar-refractivity contribution in [3.05, 3.63) is 0 Å². The van der Waals surface area contributed by atoms with Gasteiger partial charge >= 0.3 is 0 Å². The Morgan fingerprint density at radius 3 is 2.53 bits per heavy atom. The molecule has 0 aromatic heterocycles. The van der Waals surface area contributed by atoms with Gasteiger partial charge in [-0.2, -0.15) is 0 Å². The van der Waals surface area contributed by atoms with E-state index in [2.05, 4.69) is 26.1 Å². The van der Waals surface area contributed by atoms with Crippen molar-refractivity contribution in [2.75, 3.05) is 6.67 Å². The molecule has 1 rings (SSSR count). The molecule has 0 aliphatic carbocycles. The van der Waals surface area contributed by atoms with E-state index in [4.69, 9.17) is 0 Å². The summed E-state index contributed by atoms with van der Waals surface area (Å²) < 4.78 is 0. The molecule has 0 aromatic carbocycles. The molecule has 15 heavy (non-hydrogen) atoms. The maximum absolute atomic E-state index is 11.7. The molecule has 2 unspecified atom stereocenters. The summed E-state index contributed by atoms with van der Waals surface area (Å²) in [5.74, 6) is 1.02. The second-order valence-corrected chi connectivity index (χ2v) is 5.07. The van der Waals surface area contributed by atoms with Crippen LogP contribution in [0.1, 0.15) is 47.0 Å². The van der Waals surface area contributed by atoms with Crippen molar-refractivity contribution in [1.29, 1.82) is 0 Å². The Balaban J connectivity index is 2.28. The summed E-state index contributed by atoms with van der Waals surface area (Å²) in [5.41, 5.74) is 0. The van der Waals surface area contributed by atoms with Crippen molar-refractivity contribution in [1.82, 2.24) is 10.2 Å². The molecule has 1 amide bonds. The van der Waals surface area contributed by atoms with Crippen molar-refractivity contribution in [2.24, 2.45) is 5.92 Å². The van der Waals surface area contributed by atoms with Gasteiger partial charge in [0.1, 0.15) is 0 Å². The Hall–Kier alpha value is -0.570. The zero-order valence-electron chi connectivity index (χ0n) is 10.4. The molecular weight excluding hydrogens is 188 g/mol. The summed E-state index contributed by atoms with van der Waals surface area (Å²) in [6, 6.07) is 0.395. The van der Waals surface area contributed by atoms with E-state index in [0.717, 1.165) is 19.0 Å². The molecule has 1 aliphatic rings. The van der Waals surface area contributed by atoms with Crippen molar-refractivity contribution < 1.29 is 4.79 Å². The normalized spacial score (nSPS) is 23.9. The lowest BCUT2D eigenvalue weighted by atomic mass is 10.0. The highest BCUT2D eigenvalue weighted by molar-refractivity contribution is 5.83. The summed E-state index contributed by atoms with van der Waals surface area (Å²) in [4.78, 5) is 13.7. The number of amides is 1. The van der Waals surface area contributed by atoms with Crippen molar-refractivity contribution in [2.45, 2.75) is 59.0 Å². The number of nitrogens with one attached hydrogen (secondary N) is 1. The molecule has 3 nitrogen and oxygen atoms in total. The van der Waals surface area contributed by atoms with Gasteiger partial charge in [0.25, 0.3) is 0 Å². The lowest BCUT2D eigenvalue weighted by Gasteiger charge is -2.23. The molecule has 0 bridgehead atoms. The largest absolute Gasteiger partial charge is 0.326 e. The molecule has 3 heteroatoms. The fraction of sp³-hybridized carbons (Fsp3) is 0.917. The van der Waals surface area contributed by atoms with Crippen LogP contribution in [0.2, 0.25) is 0 Å². The minimum Gasteiger partial charge on any atom is -0.326 e. The lowest BCUT2D eigenvalue weighted by molar-refractivity contribution is -0.130. The summed E-state index contributed by atoms with van der Waals surface area (Å²) in [7, 11) is 0. The summed E-state index contributed by atoms with van der Waals surface area (Å²) in [5, 5.41) is 3.18. The van der Waals surface area contributed by atoms with Crippen LogP contribution in [0.15, 0.2) is 0 Å². The molecular formula is C12H24N2O.